The van der Waals surface area contributed by atoms with Crippen LogP contribution in [0.3, 0.4) is 0 Å². The summed E-state index contributed by atoms with van der Waals surface area (Å²) in [5.41, 5.74) is 6.30. The second kappa shape index (κ2) is 6.41. The van der Waals surface area contributed by atoms with Crippen molar-refractivity contribution < 1.29 is 0 Å². The molecule has 0 amide bonds. The molecule has 1 rings (SSSR count). The molecule has 1 fully saturated rings. The standard InChI is InChI=1S/C12H25NS2/c1-5-8(2)6-11(13)12-7-14-9(3)10(4)15-12/h8-12H,5-7,13H2,1-4H3. The van der Waals surface area contributed by atoms with Gasteiger partial charge in [-0.1, -0.05) is 34.1 Å². The number of thioether (sulfide) groups is 2. The second-order valence-corrected chi connectivity index (χ2v) is 7.86. The predicted octanol–water partition coefficient (Wildman–Crippen LogP) is 3.38. The van der Waals surface area contributed by atoms with Gasteiger partial charge >= 0.3 is 0 Å². The highest BCUT2D eigenvalue weighted by Gasteiger charge is 2.29. The van der Waals surface area contributed by atoms with Gasteiger partial charge in [-0.15, -0.1) is 0 Å². The van der Waals surface area contributed by atoms with E-state index in [9.17, 15) is 0 Å². The monoisotopic (exact) mass is 247 g/mol. The van der Waals surface area contributed by atoms with Gasteiger partial charge in [0, 0.05) is 27.5 Å². The van der Waals surface area contributed by atoms with Crippen LogP contribution in [0, 0.1) is 5.92 Å². The van der Waals surface area contributed by atoms with Gasteiger partial charge in [-0.2, -0.15) is 23.5 Å². The molecule has 0 saturated carbocycles. The van der Waals surface area contributed by atoms with Crippen LogP contribution in [0.25, 0.3) is 0 Å². The van der Waals surface area contributed by atoms with Crippen LogP contribution in [0.4, 0.5) is 0 Å². The average molecular weight is 247 g/mol. The van der Waals surface area contributed by atoms with Crippen LogP contribution in [0.1, 0.15) is 40.5 Å². The molecule has 0 aromatic heterocycles. The first kappa shape index (κ1) is 13.7. The Balaban J connectivity index is 2.37. The minimum Gasteiger partial charge on any atom is -0.327 e. The largest absolute Gasteiger partial charge is 0.327 e. The van der Waals surface area contributed by atoms with E-state index < -0.39 is 0 Å². The minimum atomic E-state index is 0.396. The van der Waals surface area contributed by atoms with Crippen molar-refractivity contribution in [2.75, 3.05) is 5.75 Å². The summed E-state index contributed by atoms with van der Waals surface area (Å²) in [6, 6.07) is 0.396. The summed E-state index contributed by atoms with van der Waals surface area (Å²) in [5, 5.41) is 2.23. The molecule has 15 heavy (non-hydrogen) atoms. The maximum absolute atomic E-state index is 6.30. The predicted molar refractivity (Wildman–Crippen MR) is 74.8 cm³/mol. The van der Waals surface area contributed by atoms with E-state index in [0.29, 0.717) is 11.3 Å². The highest BCUT2D eigenvalue weighted by molar-refractivity contribution is 8.07. The van der Waals surface area contributed by atoms with Crippen LogP contribution in [-0.2, 0) is 0 Å². The Morgan fingerprint density at radius 3 is 2.53 bits per heavy atom. The zero-order valence-electron chi connectivity index (χ0n) is 10.4. The molecule has 3 heteroatoms. The molecule has 0 spiro atoms. The summed E-state index contributed by atoms with van der Waals surface area (Å²) in [4.78, 5) is 0. The third-order valence-corrected chi connectivity index (χ3v) is 7.00. The molecule has 1 saturated heterocycles. The molecule has 0 bridgehead atoms. The molecule has 1 heterocycles. The van der Waals surface area contributed by atoms with E-state index in [0.717, 1.165) is 16.4 Å². The van der Waals surface area contributed by atoms with E-state index in [1.54, 1.807) is 0 Å². The Morgan fingerprint density at radius 1 is 1.33 bits per heavy atom. The Hall–Kier alpha value is 0.660. The van der Waals surface area contributed by atoms with E-state index in [-0.39, 0.29) is 0 Å². The SMILES string of the molecule is CCC(C)CC(N)C1CSC(C)C(C)S1. The van der Waals surface area contributed by atoms with Crippen molar-refractivity contribution in [1.82, 2.24) is 0 Å². The van der Waals surface area contributed by atoms with Crippen LogP contribution >= 0.6 is 23.5 Å². The fraction of sp³-hybridized carbons (Fsp3) is 1.00. The molecule has 5 atom stereocenters. The van der Waals surface area contributed by atoms with E-state index >= 15 is 0 Å². The smallest absolute Gasteiger partial charge is 0.0292 e. The van der Waals surface area contributed by atoms with Gasteiger partial charge in [0.05, 0.1) is 0 Å². The molecule has 0 aromatic rings. The van der Waals surface area contributed by atoms with Gasteiger partial charge in [-0.3, -0.25) is 0 Å². The Morgan fingerprint density at radius 2 is 2.00 bits per heavy atom. The molecule has 90 valence electrons. The van der Waals surface area contributed by atoms with Crippen molar-refractivity contribution >= 4 is 23.5 Å². The molecule has 1 aliphatic heterocycles. The molecule has 0 aromatic carbocycles. The second-order valence-electron chi connectivity index (χ2n) is 4.83. The van der Waals surface area contributed by atoms with Crippen molar-refractivity contribution in [3.63, 3.8) is 0 Å². The summed E-state index contributed by atoms with van der Waals surface area (Å²) in [7, 11) is 0. The van der Waals surface area contributed by atoms with E-state index in [1.807, 2.05) is 0 Å². The molecule has 2 N–H and O–H groups in total. The number of hydrogen-bond donors (Lipinski definition) is 1. The lowest BCUT2D eigenvalue weighted by molar-refractivity contribution is 0.450. The van der Waals surface area contributed by atoms with E-state index in [4.69, 9.17) is 5.73 Å². The maximum atomic E-state index is 6.30. The van der Waals surface area contributed by atoms with Gasteiger partial charge in [-0.25, -0.2) is 0 Å². The Bertz CT molecular complexity index is 186. The lowest BCUT2D eigenvalue weighted by atomic mass is 9.98. The van der Waals surface area contributed by atoms with E-state index in [2.05, 4.69) is 51.2 Å². The van der Waals surface area contributed by atoms with Crippen molar-refractivity contribution in [1.29, 1.82) is 0 Å². The molecule has 1 nitrogen and oxygen atoms in total. The van der Waals surface area contributed by atoms with Crippen LogP contribution < -0.4 is 5.73 Å². The normalized spacial score (nSPS) is 36.2. The number of hydrogen-bond acceptors (Lipinski definition) is 3. The fourth-order valence-corrected chi connectivity index (χ4v) is 4.89. The molecule has 0 aliphatic carbocycles. The zero-order chi connectivity index (χ0) is 11.4. The van der Waals surface area contributed by atoms with Crippen LogP contribution in [-0.4, -0.2) is 27.5 Å². The van der Waals surface area contributed by atoms with Gasteiger partial charge in [0.1, 0.15) is 0 Å². The fourth-order valence-electron chi connectivity index (χ4n) is 1.82. The van der Waals surface area contributed by atoms with Gasteiger partial charge < -0.3 is 5.73 Å². The van der Waals surface area contributed by atoms with Crippen molar-refractivity contribution in [2.45, 2.75) is 62.3 Å². The molecule has 1 aliphatic rings. The molecule has 5 unspecified atom stereocenters. The van der Waals surface area contributed by atoms with E-state index in [1.165, 1.54) is 18.6 Å². The molecular formula is C12H25NS2. The van der Waals surface area contributed by atoms with Crippen LogP contribution in [0.5, 0.6) is 0 Å². The van der Waals surface area contributed by atoms with Gasteiger partial charge in [-0.05, 0) is 12.3 Å². The third kappa shape index (κ3) is 4.20. The minimum absolute atomic E-state index is 0.396. The van der Waals surface area contributed by atoms with Gasteiger partial charge in [0.2, 0.25) is 0 Å². The first-order chi connectivity index (χ1) is 7.04. The van der Waals surface area contributed by atoms with Gasteiger partial charge in [0.25, 0.3) is 0 Å². The first-order valence-electron chi connectivity index (χ1n) is 6.07. The van der Waals surface area contributed by atoms with Crippen molar-refractivity contribution in [2.24, 2.45) is 11.7 Å². The Kier molecular flexibility index (Phi) is 5.86. The number of nitrogens with two attached hydrogens (primary N) is 1. The maximum Gasteiger partial charge on any atom is 0.0292 e. The quantitative estimate of drug-likeness (QED) is 0.825. The van der Waals surface area contributed by atoms with Gasteiger partial charge in [0.15, 0.2) is 0 Å². The topological polar surface area (TPSA) is 26.0 Å². The van der Waals surface area contributed by atoms with Crippen LogP contribution in [0.2, 0.25) is 0 Å². The first-order valence-corrected chi connectivity index (χ1v) is 8.06. The summed E-state index contributed by atoms with van der Waals surface area (Å²) in [6.45, 7) is 9.24. The number of rotatable bonds is 4. The average Bonchev–Trinajstić information content (AvgIpc) is 2.21. The molecule has 0 radical (unpaired) electrons. The summed E-state index contributed by atoms with van der Waals surface area (Å²) < 4.78 is 0. The Labute approximate surface area is 103 Å². The lowest BCUT2D eigenvalue weighted by Crippen LogP contribution is -2.40. The highest BCUT2D eigenvalue weighted by Crippen LogP contribution is 2.37. The van der Waals surface area contributed by atoms with Crippen molar-refractivity contribution in [3.05, 3.63) is 0 Å². The molecular weight excluding hydrogens is 222 g/mol. The summed E-state index contributed by atoms with van der Waals surface area (Å²) in [5.74, 6) is 2.02. The summed E-state index contributed by atoms with van der Waals surface area (Å²) in [6.07, 6.45) is 2.44. The highest BCUT2D eigenvalue weighted by atomic mass is 32.2. The summed E-state index contributed by atoms with van der Waals surface area (Å²) >= 11 is 4.21. The third-order valence-electron chi connectivity index (χ3n) is 3.42. The van der Waals surface area contributed by atoms with Crippen LogP contribution in [0.15, 0.2) is 0 Å². The zero-order valence-corrected chi connectivity index (χ0v) is 12.0. The lowest BCUT2D eigenvalue weighted by Gasteiger charge is -2.35. The van der Waals surface area contributed by atoms with Crippen molar-refractivity contribution in [3.8, 4) is 0 Å².